The summed E-state index contributed by atoms with van der Waals surface area (Å²) in [5.74, 6) is 0. The number of aliphatic imine (C=N–C) groups is 1. The van der Waals surface area contributed by atoms with Crippen molar-refractivity contribution >= 4 is 28.7 Å². The van der Waals surface area contributed by atoms with Gasteiger partial charge in [0.25, 0.3) is 0 Å². The number of rotatable bonds is 6. The molecular formula is C11H18INO. The molecule has 0 rings (SSSR count). The van der Waals surface area contributed by atoms with Crippen molar-refractivity contribution < 1.29 is 3.07 Å². The fourth-order valence-corrected chi connectivity index (χ4v) is 0.851. The highest BCUT2D eigenvalue weighted by Gasteiger charge is 1.91. The van der Waals surface area contributed by atoms with Gasteiger partial charge in [-0.1, -0.05) is 39.2 Å². The second-order valence-electron chi connectivity index (χ2n) is 1.96. The summed E-state index contributed by atoms with van der Waals surface area (Å²) in [4.78, 5) is 4.06. The standard InChI is InChI=1S/C9H12INO.C2H6/c1-3-5-6-9(11-4-2)7-8-12-10;1-2/h3-6H,1-2,7-8H2;1-2H3/b6-5-,11-9?;. The summed E-state index contributed by atoms with van der Waals surface area (Å²) >= 11 is 1.86. The lowest BCUT2D eigenvalue weighted by Crippen LogP contribution is -1.96. The highest BCUT2D eigenvalue weighted by molar-refractivity contribution is 14.1. The maximum Gasteiger partial charge on any atom is 0.109 e. The molecule has 0 N–H and O–H groups in total. The normalized spacial score (nSPS) is 10.6. The van der Waals surface area contributed by atoms with Crippen LogP contribution in [0.2, 0.25) is 0 Å². The molecule has 0 aliphatic carbocycles. The van der Waals surface area contributed by atoms with Crippen LogP contribution in [0.25, 0.3) is 0 Å². The second kappa shape index (κ2) is 15.1. The van der Waals surface area contributed by atoms with Crippen LogP contribution in [-0.4, -0.2) is 12.3 Å². The Morgan fingerprint density at radius 2 is 2.07 bits per heavy atom. The van der Waals surface area contributed by atoms with Gasteiger partial charge in [0.15, 0.2) is 0 Å². The summed E-state index contributed by atoms with van der Waals surface area (Å²) in [5, 5.41) is 0. The van der Waals surface area contributed by atoms with E-state index in [1.165, 1.54) is 6.20 Å². The lowest BCUT2D eigenvalue weighted by Gasteiger charge is -1.96. The van der Waals surface area contributed by atoms with Crippen molar-refractivity contribution in [2.45, 2.75) is 20.3 Å². The van der Waals surface area contributed by atoms with Gasteiger partial charge >= 0.3 is 0 Å². The molecule has 0 unspecified atom stereocenters. The average molecular weight is 307 g/mol. The van der Waals surface area contributed by atoms with E-state index >= 15 is 0 Å². The first-order valence-corrected chi connectivity index (χ1v) is 5.43. The fraction of sp³-hybridized carbons (Fsp3) is 0.364. The van der Waals surface area contributed by atoms with Crippen LogP contribution in [0, 0.1) is 0 Å². The smallest absolute Gasteiger partial charge is 0.109 e. The maximum absolute atomic E-state index is 4.89. The Hall–Kier alpha value is -0.420. The van der Waals surface area contributed by atoms with Gasteiger partial charge in [-0.25, -0.2) is 0 Å². The monoisotopic (exact) mass is 307 g/mol. The highest BCUT2D eigenvalue weighted by Crippen LogP contribution is 1.95. The first-order chi connectivity index (χ1) is 6.85. The van der Waals surface area contributed by atoms with E-state index in [-0.39, 0.29) is 0 Å². The van der Waals surface area contributed by atoms with Crippen LogP contribution in [0.15, 0.2) is 42.6 Å². The van der Waals surface area contributed by atoms with Crippen molar-refractivity contribution in [2.75, 3.05) is 6.61 Å². The highest BCUT2D eigenvalue weighted by atomic mass is 127. The van der Waals surface area contributed by atoms with E-state index in [2.05, 4.69) is 18.2 Å². The summed E-state index contributed by atoms with van der Waals surface area (Å²) in [5.41, 5.74) is 0.946. The molecule has 0 aromatic carbocycles. The van der Waals surface area contributed by atoms with Crippen LogP contribution in [0.3, 0.4) is 0 Å². The molecule has 0 aromatic heterocycles. The van der Waals surface area contributed by atoms with Gasteiger partial charge < -0.3 is 3.07 Å². The van der Waals surface area contributed by atoms with Gasteiger partial charge in [-0.2, -0.15) is 0 Å². The largest absolute Gasteiger partial charge is 0.315 e. The van der Waals surface area contributed by atoms with E-state index in [1.807, 2.05) is 49.0 Å². The number of hydrogen-bond acceptors (Lipinski definition) is 2. The van der Waals surface area contributed by atoms with E-state index < -0.39 is 0 Å². The predicted molar refractivity (Wildman–Crippen MR) is 72.9 cm³/mol. The van der Waals surface area contributed by atoms with Crippen molar-refractivity contribution in [2.24, 2.45) is 4.99 Å². The van der Waals surface area contributed by atoms with Crippen molar-refractivity contribution in [3.8, 4) is 0 Å². The molecule has 0 aromatic rings. The zero-order valence-corrected chi connectivity index (χ0v) is 11.0. The molecule has 0 radical (unpaired) electrons. The van der Waals surface area contributed by atoms with E-state index in [0.29, 0.717) is 6.61 Å². The maximum atomic E-state index is 4.89. The SMILES string of the molecule is C=C/C=C\C(CCOI)=NC=C.CC. The molecule has 0 fully saturated rings. The summed E-state index contributed by atoms with van der Waals surface area (Å²) < 4.78 is 4.89. The quantitative estimate of drug-likeness (QED) is 0.411. The average Bonchev–Trinajstić information content (AvgIpc) is 2.25. The van der Waals surface area contributed by atoms with Crippen LogP contribution in [0.5, 0.6) is 0 Å². The molecule has 14 heavy (non-hydrogen) atoms. The Morgan fingerprint density at radius 3 is 2.50 bits per heavy atom. The van der Waals surface area contributed by atoms with Crippen LogP contribution < -0.4 is 0 Å². The minimum absolute atomic E-state index is 0.661. The third kappa shape index (κ3) is 11.6. The number of nitrogens with zero attached hydrogens (tertiary/aromatic N) is 1. The molecule has 0 spiro atoms. The summed E-state index contributed by atoms with van der Waals surface area (Å²) in [6.07, 6.45) is 7.76. The molecule has 0 saturated heterocycles. The van der Waals surface area contributed by atoms with Gasteiger partial charge in [0.1, 0.15) is 23.0 Å². The van der Waals surface area contributed by atoms with Crippen molar-refractivity contribution in [3.05, 3.63) is 37.6 Å². The van der Waals surface area contributed by atoms with Gasteiger partial charge in [0.2, 0.25) is 0 Å². The first kappa shape index (κ1) is 16.0. The molecule has 0 saturated carbocycles. The lowest BCUT2D eigenvalue weighted by atomic mass is 10.2. The zero-order chi connectivity index (χ0) is 11.2. The van der Waals surface area contributed by atoms with E-state index in [4.69, 9.17) is 3.07 Å². The van der Waals surface area contributed by atoms with Gasteiger partial charge in [0.05, 0.1) is 6.61 Å². The molecule has 3 heteroatoms. The Kier molecular flexibility index (Phi) is 17.3. The summed E-state index contributed by atoms with van der Waals surface area (Å²) in [6, 6.07) is 0. The van der Waals surface area contributed by atoms with Gasteiger partial charge in [0, 0.05) is 18.3 Å². The zero-order valence-electron chi connectivity index (χ0n) is 8.87. The molecular weight excluding hydrogens is 289 g/mol. The number of allylic oxidation sites excluding steroid dienone is 3. The minimum atomic E-state index is 0.661. The number of hydrogen-bond donors (Lipinski definition) is 0. The Morgan fingerprint density at radius 1 is 1.43 bits per heavy atom. The van der Waals surface area contributed by atoms with Gasteiger partial charge in [-0.05, 0) is 6.08 Å². The Balaban J connectivity index is 0. The first-order valence-electron chi connectivity index (χ1n) is 4.55. The van der Waals surface area contributed by atoms with Gasteiger partial charge in [-0.3, -0.25) is 4.99 Å². The van der Waals surface area contributed by atoms with E-state index in [9.17, 15) is 0 Å². The van der Waals surface area contributed by atoms with E-state index in [0.717, 1.165) is 12.1 Å². The molecule has 0 bridgehead atoms. The lowest BCUT2D eigenvalue weighted by molar-refractivity contribution is 0.443. The molecule has 0 amide bonds. The van der Waals surface area contributed by atoms with Crippen molar-refractivity contribution in [1.82, 2.24) is 0 Å². The molecule has 0 aliphatic heterocycles. The Bertz CT molecular complexity index is 197. The molecule has 2 nitrogen and oxygen atoms in total. The van der Waals surface area contributed by atoms with E-state index in [1.54, 1.807) is 6.08 Å². The fourth-order valence-electron chi connectivity index (χ4n) is 0.630. The predicted octanol–water partition coefficient (Wildman–Crippen LogP) is 4.10. The minimum Gasteiger partial charge on any atom is -0.315 e. The number of halogens is 1. The van der Waals surface area contributed by atoms with Crippen LogP contribution in [-0.2, 0) is 3.07 Å². The van der Waals surface area contributed by atoms with Crippen LogP contribution in [0.4, 0.5) is 0 Å². The molecule has 80 valence electrons. The summed E-state index contributed by atoms with van der Waals surface area (Å²) in [6.45, 7) is 11.8. The van der Waals surface area contributed by atoms with Crippen molar-refractivity contribution in [3.63, 3.8) is 0 Å². The van der Waals surface area contributed by atoms with Crippen LogP contribution >= 0.6 is 23.0 Å². The van der Waals surface area contributed by atoms with Crippen LogP contribution in [0.1, 0.15) is 20.3 Å². The third-order valence-electron chi connectivity index (χ3n) is 1.12. The topological polar surface area (TPSA) is 21.6 Å². The van der Waals surface area contributed by atoms with Crippen molar-refractivity contribution in [1.29, 1.82) is 0 Å². The summed E-state index contributed by atoms with van der Waals surface area (Å²) in [7, 11) is 0. The second-order valence-corrected chi connectivity index (χ2v) is 2.58. The third-order valence-corrected chi connectivity index (χ3v) is 1.56. The Labute approximate surface area is 101 Å². The molecule has 0 aliphatic rings. The van der Waals surface area contributed by atoms with Gasteiger partial charge in [-0.15, -0.1) is 0 Å². The molecule has 0 atom stereocenters. The molecule has 0 heterocycles.